The maximum Gasteiger partial charge on any atom is 0.0790 e. The molecular formula is C11H11ClN2O. The lowest BCUT2D eigenvalue weighted by molar-refractivity contribution is 0.199. The zero-order valence-electron chi connectivity index (χ0n) is 8.26. The van der Waals surface area contributed by atoms with Crippen molar-refractivity contribution in [3.05, 3.63) is 47.2 Å². The summed E-state index contributed by atoms with van der Waals surface area (Å²) in [6, 6.07) is 7.53. The fourth-order valence-electron chi connectivity index (χ4n) is 1.35. The van der Waals surface area contributed by atoms with E-state index in [0.717, 1.165) is 11.3 Å². The number of aromatic nitrogens is 2. The van der Waals surface area contributed by atoms with Gasteiger partial charge < -0.3 is 5.11 Å². The molecule has 0 aliphatic carbocycles. The summed E-state index contributed by atoms with van der Waals surface area (Å²) in [5.41, 5.74) is 1.81. The highest BCUT2D eigenvalue weighted by Crippen LogP contribution is 2.16. The third-order valence-electron chi connectivity index (χ3n) is 2.19. The van der Waals surface area contributed by atoms with E-state index in [1.807, 2.05) is 24.3 Å². The van der Waals surface area contributed by atoms with Crippen molar-refractivity contribution in [2.24, 2.45) is 0 Å². The minimum Gasteiger partial charge on any atom is -0.389 e. The number of hydrogen-bond donors (Lipinski definition) is 1. The monoisotopic (exact) mass is 222 g/mol. The van der Waals surface area contributed by atoms with E-state index in [-0.39, 0.29) is 0 Å². The van der Waals surface area contributed by atoms with Gasteiger partial charge in [-0.05, 0) is 24.6 Å². The normalized spacial score (nSPS) is 12.7. The average molecular weight is 223 g/mol. The van der Waals surface area contributed by atoms with Crippen molar-refractivity contribution in [3.8, 4) is 5.69 Å². The highest BCUT2D eigenvalue weighted by molar-refractivity contribution is 6.30. The summed E-state index contributed by atoms with van der Waals surface area (Å²) in [6.07, 6.45) is 2.88. The van der Waals surface area contributed by atoms with Crippen molar-refractivity contribution < 1.29 is 5.11 Å². The summed E-state index contributed by atoms with van der Waals surface area (Å²) in [5.74, 6) is 0. The van der Waals surface area contributed by atoms with Crippen LogP contribution in [-0.2, 0) is 0 Å². The molecule has 0 fully saturated rings. The van der Waals surface area contributed by atoms with E-state index in [1.165, 1.54) is 0 Å². The van der Waals surface area contributed by atoms with Gasteiger partial charge in [-0.25, -0.2) is 4.68 Å². The zero-order chi connectivity index (χ0) is 10.8. The van der Waals surface area contributed by atoms with Gasteiger partial charge in [-0.2, -0.15) is 5.10 Å². The fraction of sp³-hybridized carbons (Fsp3) is 0.182. The predicted octanol–water partition coefficient (Wildman–Crippen LogP) is 2.58. The smallest absolute Gasteiger partial charge is 0.0790 e. The summed E-state index contributed by atoms with van der Waals surface area (Å²) < 4.78 is 1.69. The second-order valence-electron chi connectivity index (χ2n) is 3.37. The molecule has 0 aliphatic heterocycles. The second kappa shape index (κ2) is 4.04. The molecule has 1 aromatic carbocycles. The van der Waals surface area contributed by atoms with Crippen LogP contribution >= 0.6 is 11.6 Å². The Kier molecular flexibility index (Phi) is 2.75. The van der Waals surface area contributed by atoms with Crippen LogP contribution in [0.4, 0.5) is 0 Å². The van der Waals surface area contributed by atoms with E-state index >= 15 is 0 Å². The van der Waals surface area contributed by atoms with Crippen molar-refractivity contribution >= 4 is 11.6 Å². The number of halogens is 1. The molecule has 78 valence electrons. The Balaban J connectivity index is 2.31. The van der Waals surface area contributed by atoms with Crippen molar-refractivity contribution in [2.75, 3.05) is 0 Å². The Morgan fingerprint density at radius 1 is 1.33 bits per heavy atom. The molecule has 0 aliphatic rings. The Bertz CT molecular complexity index is 448. The first-order chi connectivity index (χ1) is 7.16. The lowest BCUT2D eigenvalue weighted by Crippen LogP contribution is -1.96. The fourth-order valence-corrected chi connectivity index (χ4v) is 1.48. The van der Waals surface area contributed by atoms with Crippen LogP contribution in [0.5, 0.6) is 0 Å². The van der Waals surface area contributed by atoms with E-state index in [0.29, 0.717) is 5.02 Å². The van der Waals surface area contributed by atoms with Gasteiger partial charge in [-0.1, -0.05) is 23.7 Å². The van der Waals surface area contributed by atoms with Gasteiger partial charge in [0.05, 0.1) is 23.0 Å². The third kappa shape index (κ3) is 2.19. The first-order valence-corrected chi connectivity index (χ1v) is 5.03. The molecule has 0 bridgehead atoms. The molecule has 1 aromatic heterocycles. The van der Waals surface area contributed by atoms with Crippen LogP contribution in [0.3, 0.4) is 0 Å². The highest BCUT2D eigenvalue weighted by Gasteiger charge is 2.02. The first-order valence-electron chi connectivity index (χ1n) is 4.65. The molecule has 1 atom stereocenters. The van der Waals surface area contributed by atoms with E-state index < -0.39 is 6.10 Å². The largest absolute Gasteiger partial charge is 0.389 e. The first kappa shape index (κ1) is 10.2. The maximum absolute atomic E-state index is 9.35. The van der Waals surface area contributed by atoms with Crippen molar-refractivity contribution in [3.63, 3.8) is 0 Å². The van der Waals surface area contributed by atoms with Gasteiger partial charge >= 0.3 is 0 Å². The summed E-state index contributed by atoms with van der Waals surface area (Å²) in [4.78, 5) is 0. The van der Waals surface area contributed by atoms with Gasteiger partial charge in [0, 0.05) is 6.20 Å². The molecule has 2 rings (SSSR count). The number of aliphatic hydroxyl groups excluding tert-OH is 1. The van der Waals surface area contributed by atoms with Crippen LogP contribution in [0.15, 0.2) is 36.7 Å². The molecule has 4 heteroatoms. The maximum atomic E-state index is 9.35. The summed E-state index contributed by atoms with van der Waals surface area (Å²) in [5, 5.41) is 14.0. The van der Waals surface area contributed by atoms with E-state index in [9.17, 15) is 5.11 Å². The van der Waals surface area contributed by atoms with Gasteiger partial charge in [0.15, 0.2) is 0 Å². The van der Waals surface area contributed by atoms with Crippen LogP contribution in [0.1, 0.15) is 18.6 Å². The number of hydrogen-bond acceptors (Lipinski definition) is 2. The quantitative estimate of drug-likeness (QED) is 0.848. The number of nitrogens with zero attached hydrogens (tertiary/aromatic N) is 2. The molecule has 3 nitrogen and oxygen atoms in total. The van der Waals surface area contributed by atoms with Crippen LogP contribution < -0.4 is 0 Å². The Labute approximate surface area is 92.9 Å². The Morgan fingerprint density at radius 2 is 2.00 bits per heavy atom. The zero-order valence-corrected chi connectivity index (χ0v) is 9.02. The molecule has 1 heterocycles. The van der Waals surface area contributed by atoms with Gasteiger partial charge in [-0.3, -0.25) is 0 Å². The Morgan fingerprint density at radius 3 is 2.47 bits per heavy atom. The van der Waals surface area contributed by atoms with Crippen LogP contribution in [0.2, 0.25) is 5.02 Å². The van der Waals surface area contributed by atoms with Crippen molar-refractivity contribution in [1.29, 1.82) is 0 Å². The highest BCUT2D eigenvalue weighted by atomic mass is 35.5. The SMILES string of the molecule is C[C@@H](O)c1ccc(-n2cc(Cl)cn2)cc1. The van der Waals surface area contributed by atoms with E-state index in [2.05, 4.69) is 5.10 Å². The minimum absolute atomic E-state index is 0.444. The molecule has 2 aromatic rings. The summed E-state index contributed by atoms with van der Waals surface area (Å²) in [6.45, 7) is 1.74. The average Bonchev–Trinajstić information content (AvgIpc) is 2.65. The molecular weight excluding hydrogens is 212 g/mol. The van der Waals surface area contributed by atoms with Gasteiger partial charge in [0.25, 0.3) is 0 Å². The van der Waals surface area contributed by atoms with E-state index in [1.54, 1.807) is 24.0 Å². The summed E-state index contributed by atoms with van der Waals surface area (Å²) >= 11 is 5.77. The molecule has 0 radical (unpaired) electrons. The van der Waals surface area contributed by atoms with Crippen LogP contribution in [0, 0.1) is 0 Å². The minimum atomic E-state index is -0.444. The molecule has 1 N–H and O–H groups in total. The molecule has 0 saturated carbocycles. The molecule has 0 spiro atoms. The topological polar surface area (TPSA) is 38.0 Å². The van der Waals surface area contributed by atoms with Crippen LogP contribution in [0.25, 0.3) is 5.69 Å². The van der Waals surface area contributed by atoms with Crippen molar-refractivity contribution in [2.45, 2.75) is 13.0 Å². The van der Waals surface area contributed by atoms with Gasteiger partial charge in [-0.15, -0.1) is 0 Å². The lowest BCUT2D eigenvalue weighted by Gasteiger charge is -2.05. The molecule has 0 saturated heterocycles. The van der Waals surface area contributed by atoms with E-state index in [4.69, 9.17) is 11.6 Å². The molecule has 0 unspecified atom stereocenters. The summed E-state index contributed by atoms with van der Waals surface area (Å²) in [7, 11) is 0. The predicted molar refractivity (Wildman–Crippen MR) is 59.2 cm³/mol. The number of benzene rings is 1. The molecule has 15 heavy (non-hydrogen) atoms. The second-order valence-corrected chi connectivity index (χ2v) is 3.81. The lowest BCUT2D eigenvalue weighted by atomic mass is 10.1. The van der Waals surface area contributed by atoms with Crippen molar-refractivity contribution in [1.82, 2.24) is 9.78 Å². The van der Waals surface area contributed by atoms with Gasteiger partial charge in [0.2, 0.25) is 0 Å². The molecule has 0 amide bonds. The standard InChI is InChI=1S/C11H11ClN2O/c1-8(15)9-2-4-11(5-3-9)14-7-10(12)6-13-14/h2-8,15H,1H3/t8-/m1/s1. The number of aliphatic hydroxyl groups is 1. The van der Waals surface area contributed by atoms with Gasteiger partial charge in [0.1, 0.15) is 0 Å². The third-order valence-corrected chi connectivity index (χ3v) is 2.39. The van der Waals surface area contributed by atoms with Crippen LogP contribution in [-0.4, -0.2) is 14.9 Å². The number of rotatable bonds is 2. The Hall–Kier alpha value is -1.32.